The third-order valence-electron chi connectivity index (χ3n) is 3.71. The first-order valence-electron chi connectivity index (χ1n) is 7.03. The fraction of sp³-hybridized carbons (Fsp3) is 0.438. The van der Waals surface area contributed by atoms with Crippen LogP contribution < -0.4 is 5.32 Å². The topological polar surface area (TPSA) is 45.1 Å². The van der Waals surface area contributed by atoms with Crippen LogP contribution in [0.25, 0.3) is 10.6 Å². The van der Waals surface area contributed by atoms with Crippen LogP contribution in [0, 0.1) is 0 Å². The van der Waals surface area contributed by atoms with Gasteiger partial charge in [-0.3, -0.25) is 0 Å². The summed E-state index contributed by atoms with van der Waals surface area (Å²) in [7, 11) is 0. The number of hydrogen-bond donors (Lipinski definition) is 2. The molecule has 1 aromatic carbocycles. The number of hydrogen-bond acceptors (Lipinski definition) is 4. The summed E-state index contributed by atoms with van der Waals surface area (Å²) in [5, 5.41) is 13.7. The normalized spacial score (nSPS) is 14.2. The number of aliphatic hydroxyl groups is 1. The second-order valence-corrected chi connectivity index (χ2v) is 6.35. The fourth-order valence-electron chi connectivity index (χ4n) is 2.04. The Hall–Kier alpha value is -1.23. The van der Waals surface area contributed by atoms with Crippen molar-refractivity contribution in [1.82, 2.24) is 10.3 Å². The first-order chi connectivity index (χ1) is 9.67. The third-order valence-corrected chi connectivity index (χ3v) is 4.75. The van der Waals surface area contributed by atoms with Gasteiger partial charge in [-0.2, -0.15) is 0 Å². The lowest BCUT2D eigenvalue weighted by Crippen LogP contribution is -2.41. The van der Waals surface area contributed by atoms with Crippen LogP contribution >= 0.6 is 11.3 Å². The zero-order valence-corrected chi connectivity index (χ0v) is 12.9. The van der Waals surface area contributed by atoms with E-state index >= 15 is 0 Å². The summed E-state index contributed by atoms with van der Waals surface area (Å²) in [6, 6.07) is 10.2. The SMILES string of the molecule is CCC(C)(CCO)NCc1cnc(-c2ccccc2)s1. The van der Waals surface area contributed by atoms with Crippen LogP contribution in [-0.2, 0) is 6.54 Å². The predicted octanol–water partition coefficient (Wildman–Crippen LogP) is 3.45. The smallest absolute Gasteiger partial charge is 0.123 e. The Morgan fingerprint density at radius 2 is 2.05 bits per heavy atom. The number of aliphatic hydroxyl groups excluding tert-OH is 1. The molecular weight excluding hydrogens is 268 g/mol. The molecule has 0 bridgehead atoms. The molecule has 1 aromatic heterocycles. The summed E-state index contributed by atoms with van der Waals surface area (Å²) in [4.78, 5) is 5.71. The molecule has 0 saturated carbocycles. The average Bonchev–Trinajstić information content (AvgIpc) is 2.95. The van der Waals surface area contributed by atoms with Crippen molar-refractivity contribution in [2.24, 2.45) is 0 Å². The lowest BCUT2D eigenvalue weighted by atomic mass is 9.95. The highest BCUT2D eigenvalue weighted by Crippen LogP contribution is 2.25. The molecule has 0 radical (unpaired) electrons. The molecule has 0 amide bonds. The number of nitrogens with zero attached hydrogens (tertiary/aromatic N) is 1. The Morgan fingerprint density at radius 1 is 1.30 bits per heavy atom. The molecule has 0 fully saturated rings. The molecule has 1 heterocycles. The Morgan fingerprint density at radius 3 is 2.70 bits per heavy atom. The molecule has 1 atom stereocenters. The number of thiazole rings is 1. The van der Waals surface area contributed by atoms with E-state index < -0.39 is 0 Å². The van der Waals surface area contributed by atoms with Gasteiger partial charge in [0.2, 0.25) is 0 Å². The molecule has 2 N–H and O–H groups in total. The van der Waals surface area contributed by atoms with Crippen molar-refractivity contribution in [3.05, 3.63) is 41.4 Å². The van der Waals surface area contributed by atoms with Gasteiger partial charge in [0.25, 0.3) is 0 Å². The third kappa shape index (κ3) is 3.88. The lowest BCUT2D eigenvalue weighted by molar-refractivity contribution is 0.215. The van der Waals surface area contributed by atoms with Gasteiger partial charge in [0.05, 0.1) is 0 Å². The van der Waals surface area contributed by atoms with E-state index in [2.05, 4.69) is 36.3 Å². The fourth-order valence-corrected chi connectivity index (χ4v) is 2.90. The van der Waals surface area contributed by atoms with Crippen molar-refractivity contribution in [2.45, 2.75) is 38.8 Å². The highest BCUT2D eigenvalue weighted by atomic mass is 32.1. The minimum atomic E-state index is -0.00828. The van der Waals surface area contributed by atoms with Gasteiger partial charge in [-0.05, 0) is 19.8 Å². The van der Waals surface area contributed by atoms with Crippen molar-refractivity contribution < 1.29 is 5.11 Å². The zero-order valence-electron chi connectivity index (χ0n) is 12.1. The number of nitrogens with one attached hydrogen (secondary N) is 1. The number of aromatic nitrogens is 1. The Balaban J connectivity index is 2.00. The average molecular weight is 290 g/mol. The van der Waals surface area contributed by atoms with Gasteiger partial charge in [-0.15, -0.1) is 11.3 Å². The van der Waals surface area contributed by atoms with Crippen molar-refractivity contribution in [1.29, 1.82) is 0 Å². The molecule has 0 saturated heterocycles. The monoisotopic (exact) mass is 290 g/mol. The van der Waals surface area contributed by atoms with E-state index in [-0.39, 0.29) is 12.1 Å². The van der Waals surface area contributed by atoms with Gasteiger partial charge < -0.3 is 10.4 Å². The second kappa shape index (κ2) is 6.97. The molecule has 4 heteroatoms. The summed E-state index contributed by atoms with van der Waals surface area (Å²) in [5.41, 5.74) is 1.16. The van der Waals surface area contributed by atoms with E-state index in [1.807, 2.05) is 24.4 Å². The molecule has 20 heavy (non-hydrogen) atoms. The predicted molar refractivity (Wildman–Crippen MR) is 84.8 cm³/mol. The molecule has 108 valence electrons. The summed E-state index contributed by atoms with van der Waals surface area (Å²) < 4.78 is 0. The first-order valence-corrected chi connectivity index (χ1v) is 7.84. The van der Waals surface area contributed by atoms with Crippen LogP contribution in [0.3, 0.4) is 0 Å². The molecule has 2 aromatic rings. The summed E-state index contributed by atoms with van der Waals surface area (Å²) in [5.74, 6) is 0. The van der Waals surface area contributed by atoms with Crippen molar-refractivity contribution in [3.63, 3.8) is 0 Å². The standard InChI is InChI=1S/C16H22N2OS/c1-3-16(2,9-10-19)18-12-14-11-17-15(20-14)13-7-5-4-6-8-13/h4-8,11,18-19H,3,9-10,12H2,1-2H3. The zero-order chi connectivity index (χ0) is 14.4. The molecule has 1 unspecified atom stereocenters. The Labute approximate surface area is 124 Å². The number of rotatable bonds is 7. The van der Waals surface area contributed by atoms with Crippen LogP contribution in [0.4, 0.5) is 0 Å². The van der Waals surface area contributed by atoms with E-state index in [0.717, 1.165) is 30.0 Å². The molecule has 0 aliphatic rings. The minimum absolute atomic E-state index is 0.00828. The maximum Gasteiger partial charge on any atom is 0.123 e. The molecule has 0 aliphatic heterocycles. The van der Waals surface area contributed by atoms with Crippen LogP contribution in [-0.4, -0.2) is 22.2 Å². The van der Waals surface area contributed by atoms with Crippen LogP contribution in [0.2, 0.25) is 0 Å². The van der Waals surface area contributed by atoms with E-state index in [1.165, 1.54) is 4.88 Å². The highest BCUT2D eigenvalue weighted by Gasteiger charge is 2.20. The van der Waals surface area contributed by atoms with Gasteiger partial charge in [-0.1, -0.05) is 37.3 Å². The summed E-state index contributed by atoms with van der Waals surface area (Å²) in [6.07, 6.45) is 3.71. The maximum atomic E-state index is 9.13. The van der Waals surface area contributed by atoms with Gasteiger partial charge in [0.1, 0.15) is 5.01 Å². The van der Waals surface area contributed by atoms with Crippen molar-refractivity contribution in [2.75, 3.05) is 6.61 Å². The van der Waals surface area contributed by atoms with Crippen LogP contribution in [0.1, 0.15) is 31.6 Å². The molecule has 2 rings (SSSR count). The van der Waals surface area contributed by atoms with E-state index in [0.29, 0.717) is 0 Å². The Kier molecular flexibility index (Phi) is 5.29. The highest BCUT2D eigenvalue weighted by molar-refractivity contribution is 7.15. The molecule has 3 nitrogen and oxygen atoms in total. The van der Waals surface area contributed by atoms with Gasteiger partial charge in [0.15, 0.2) is 0 Å². The van der Waals surface area contributed by atoms with E-state index in [9.17, 15) is 0 Å². The Bertz CT molecular complexity index is 526. The molecule has 0 aliphatic carbocycles. The quantitative estimate of drug-likeness (QED) is 0.821. The number of benzene rings is 1. The maximum absolute atomic E-state index is 9.13. The van der Waals surface area contributed by atoms with Crippen molar-refractivity contribution >= 4 is 11.3 Å². The van der Waals surface area contributed by atoms with Gasteiger partial charge >= 0.3 is 0 Å². The van der Waals surface area contributed by atoms with Crippen LogP contribution in [0.15, 0.2) is 36.5 Å². The lowest BCUT2D eigenvalue weighted by Gasteiger charge is -2.28. The summed E-state index contributed by atoms with van der Waals surface area (Å²) in [6.45, 7) is 5.32. The van der Waals surface area contributed by atoms with Gasteiger partial charge in [-0.25, -0.2) is 4.98 Å². The van der Waals surface area contributed by atoms with Crippen LogP contribution in [0.5, 0.6) is 0 Å². The first kappa shape index (κ1) is 15.2. The minimum Gasteiger partial charge on any atom is -0.396 e. The molecule has 0 spiro atoms. The van der Waals surface area contributed by atoms with Gasteiger partial charge in [0, 0.05) is 35.3 Å². The second-order valence-electron chi connectivity index (χ2n) is 5.24. The molecular formula is C16H22N2OS. The summed E-state index contributed by atoms with van der Waals surface area (Å²) >= 11 is 1.72. The largest absolute Gasteiger partial charge is 0.396 e. The van der Waals surface area contributed by atoms with E-state index in [1.54, 1.807) is 11.3 Å². The van der Waals surface area contributed by atoms with Crippen molar-refractivity contribution in [3.8, 4) is 10.6 Å². The van der Waals surface area contributed by atoms with E-state index in [4.69, 9.17) is 5.11 Å².